The fourth-order valence-electron chi connectivity index (χ4n) is 2.65. The normalized spacial score (nSPS) is 15.4. The van der Waals surface area contributed by atoms with E-state index in [0.717, 1.165) is 17.5 Å². The molecule has 0 aliphatic heterocycles. The van der Waals surface area contributed by atoms with Crippen LogP contribution in [-0.4, -0.2) is 39.5 Å². The van der Waals surface area contributed by atoms with Gasteiger partial charge in [-0.1, -0.05) is 36.9 Å². The fourth-order valence-corrected chi connectivity index (χ4v) is 4.25. The number of carbonyl (C=O) groups is 2. The highest BCUT2D eigenvalue weighted by molar-refractivity contribution is 7.99. The zero-order valence-electron chi connectivity index (χ0n) is 14.5. The molecule has 138 valence electrons. The van der Waals surface area contributed by atoms with E-state index in [9.17, 15) is 14.4 Å². The van der Waals surface area contributed by atoms with Crippen molar-refractivity contribution in [3.05, 3.63) is 27.0 Å². The molecule has 0 aromatic carbocycles. The molecule has 0 fully saturated rings. The molecule has 0 saturated heterocycles. The smallest absolute Gasteiger partial charge is 0.255 e. The minimum atomic E-state index is -0.353. The van der Waals surface area contributed by atoms with Gasteiger partial charge in [-0.05, 0) is 11.8 Å². The number of H-pyrrole nitrogens is 1. The van der Waals surface area contributed by atoms with Crippen LogP contribution in [0.5, 0.6) is 5.88 Å². The standard InChI is InChI=1S/C16H18N4O4S2/c1-16(2)5-8-13(9(21)6-16)26-15(17-8)19-11(23)7-25-14-18-10(22)4-12(20-14)24-3/h4H,5-7H2,1-3H3,(H,17,19,23)(H,18,20,22). The van der Waals surface area contributed by atoms with Crippen molar-refractivity contribution >= 4 is 39.9 Å². The van der Waals surface area contributed by atoms with Gasteiger partial charge in [-0.15, -0.1) is 0 Å². The molecule has 0 spiro atoms. The van der Waals surface area contributed by atoms with E-state index in [0.29, 0.717) is 28.0 Å². The second-order valence-electron chi connectivity index (χ2n) is 6.67. The Labute approximate surface area is 157 Å². The highest BCUT2D eigenvalue weighted by atomic mass is 32.2. The number of carbonyl (C=O) groups excluding carboxylic acids is 2. The van der Waals surface area contributed by atoms with E-state index >= 15 is 0 Å². The average molecular weight is 394 g/mol. The van der Waals surface area contributed by atoms with Crippen molar-refractivity contribution in [3.8, 4) is 5.88 Å². The summed E-state index contributed by atoms with van der Waals surface area (Å²) in [6.45, 7) is 4.06. The van der Waals surface area contributed by atoms with E-state index in [4.69, 9.17) is 4.74 Å². The molecule has 0 bridgehead atoms. The van der Waals surface area contributed by atoms with Crippen molar-refractivity contribution in [3.63, 3.8) is 0 Å². The second kappa shape index (κ2) is 7.20. The van der Waals surface area contributed by atoms with Gasteiger partial charge >= 0.3 is 0 Å². The SMILES string of the molecule is COc1cc(=O)[nH]c(SCC(=O)Nc2nc3c(s2)C(=O)CC(C)(C)C3)n1. The van der Waals surface area contributed by atoms with Crippen molar-refractivity contribution in [1.29, 1.82) is 0 Å². The Balaban J connectivity index is 1.64. The Bertz CT molecular complexity index is 919. The monoisotopic (exact) mass is 394 g/mol. The predicted molar refractivity (Wildman–Crippen MR) is 99.3 cm³/mol. The van der Waals surface area contributed by atoms with E-state index in [-0.39, 0.29) is 34.3 Å². The summed E-state index contributed by atoms with van der Waals surface area (Å²) >= 11 is 2.29. The molecule has 1 aliphatic carbocycles. The first kappa shape index (κ1) is 18.6. The molecular formula is C16H18N4O4S2. The molecule has 2 aromatic rings. The van der Waals surface area contributed by atoms with Gasteiger partial charge in [0.15, 0.2) is 16.1 Å². The number of fused-ring (bicyclic) bond motifs is 1. The van der Waals surface area contributed by atoms with Crippen molar-refractivity contribution < 1.29 is 14.3 Å². The van der Waals surface area contributed by atoms with E-state index in [1.165, 1.54) is 24.5 Å². The molecule has 2 heterocycles. The minimum Gasteiger partial charge on any atom is -0.481 e. The van der Waals surface area contributed by atoms with Crippen LogP contribution >= 0.6 is 23.1 Å². The lowest BCUT2D eigenvalue weighted by atomic mass is 9.78. The van der Waals surface area contributed by atoms with Crippen molar-refractivity contribution in [2.75, 3.05) is 18.2 Å². The lowest BCUT2D eigenvalue weighted by Gasteiger charge is -2.26. The number of nitrogens with zero attached hydrogens (tertiary/aromatic N) is 2. The molecule has 1 amide bonds. The minimum absolute atomic E-state index is 0.0415. The molecule has 0 saturated carbocycles. The van der Waals surface area contributed by atoms with Crippen LogP contribution in [0, 0.1) is 5.41 Å². The van der Waals surface area contributed by atoms with Crippen molar-refractivity contribution in [2.24, 2.45) is 5.41 Å². The summed E-state index contributed by atoms with van der Waals surface area (Å²) in [5.41, 5.74) is 0.283. The van der Waals surface area contributed by atoms with Gasteiger partial charge < -0.3 is 15.0 Å². The number of amides is 1. The highest BCUT2D eigenvalue weighted by Gasteiger charge is 2.34. The summed E-state index contributed by atoms with van der Waals surface area (Å²) in [4.78, 5) is 47.4. The number of aromatic nitrogens is 3. The van der Waals surface area contributed by atoms with E-state index < -0.39 is 0 Å². The largest absolute Gasteiger partial charge is 0.481 e. The number of aromatic amines is 1. The van der Waals surface area contributed by atoms with Gasteiger partial charge in [-0.2, -0.15) is 4.98 Å². The highest BCUT2D eigenvalue weighted by Crippen LogP contribution is 2.38. The van der Waals surface area contributed by atoms with Crippen molar-refractivity contribution in [1.82, 2.24) is 15.0 Å². The van der Waals surface area contributed by atoms with Gasteiger partial charge in [0.1, 0.15) is 0 Å². The first-order valence-corrected chi connectivity index (χ1v) is 9.67. The quantitative estimate of drug-likeness (QED) is 0.590. The number of thiazole rings is 1. The number of Topliss-reactive ketones (excluding diaryl/α,β-unsaturated/α-hetero) is 1. The summed E-state index contributed by atoms with van der Waals surface area (Å²) in [5, 5.41) is 3.41. The Kier molecular flexibility index (Phi) is 5.15. The summed E-state index contributed by atoms with van der Waals surface area (Å²) in [7, 11) is 1.41. The number of rotatable bonds is 5. The third-order valence-corrected chi connectivity index (χ3v) is 5.66. The lowest BCUT2D eigenvalue weighted by Crippen LogP contribution is -2.26. The first-order valence-electron chi connectivity index (χ1n) is 7.87. The average Bonchev–Trinajstić information content (AvgIpc) is 2.93. The summed E-state index contributed by atoms with van der Waals surface area (Å²) < 4.78 is 4.93. The molecule has 0 unspecified atom stereocenters. The van der Waals surface area contributed by atoms with Crippen LogP contribution in [0.25, 0.3) is 0 Å². The molecule has 2 aromatic heterocycles. The summed E-state index contributed by atoms with van der Waals surface area (Å²) in [6.07, 6.45) is 1.20. The Hall–Kier alpha value is -2.20. The Morgan fingerprint density at radius 2 is 2.15 bits per heavy atom. The zero-order valence-corrected chi connectivity index (χ0v) is 16.2. The number of ether oxygens (including phenoxy) is 1. The van der Waals surface area contributed by atoms with Gasteiger partial charge in [0.05, 0.1) is 29.5 Å². The molecular weight excluding hydrogens is 376 g/mol. The Morgan fingerprint density at radius 3 is 2.88 bits per heavy atom. The fraction of sp³-hybridized carbons (Fsp3) is 0.438. The van der Waals surface area contributed by atoms with Gasteiger partial charge in [-0.3, -0.25) is 14.4 Å². The molecule has 10 heteroatoms. The summed E-state index contributed by atoms with van der Waals surface area (Å²) in [6, 6.07) is 1.22. The van der Waals surface area contributed by atoms with Gasteiger partial charge in [-0.25, -0.2) is 4.98 Å². The maximum Gasteiger partial charge on any atom is 0.255 e. The third-order valence-electron chi connectivity index (χ3n) is 3.73. The molecule has 1 aliphatic rings. The molecule has 3 rings (SSSR count). The number of hydrogen-bond acceptors (Lipinski definition) is 8. The Morgan fingerprint density at radius 1 is 1.38 bits per heavy atom. The van der Waals surface area contributed by atoms with E-state index in [1.54, 1.807) is 0 Å². The number of methoxy groups -OCH3 is 1. The molecule has 2 N–H and O–H groups in total. The van der Waals surface area contributed by atoms with Crippen LogP contribution in [-0.2, 0) is 11.2 Å². The van der Waals surface area contributed by atoms with E-state index in [2.05, 4.69) is 20.3 Å². The number of ketones is 1. The maximum atomic E-state index is 12.2. The third kappa shape index (κ3) is 4.31. The molecule has 0 atom stereocenters. The molecule has 0 radical (unpaired) electrons. The van der Waals surface area contributed by atoms with Crippen LogP contribution < -0.4 is 15.6 Å². The van der Waals surface area contributed by atoms with Crippen LogP contribution in [0.15, 0.2) is 16.0 Å². The number of hydrogen-bond donors (Lipinski definition) is 2. The maximum absolute atomic E-state index is 12.2. The summed E-state index contributed by atoms with van der Waals surface area (Å²) in [5.74, 6) is 0.00483. The number of nitrogens with one attached hydrogen (secondary N) is 2. The first-order chi connectivity index (χ1) is 12.3. The van der Waals surface area contributed by atoms with Gasteiger partial charge in [0.2, 0.25) is 11.8 Å². The molecule has 26 heavy (non-hydrogen) atoms. The van der Waals surface area contributed by atoms with Crippen LogP contribution in [0.3, 0.4) is 0 Å². The molecule has 8 nitrogen and oxygen atoms in total. The van der Waals surface area contributed by atoms with Crippen LogP contribution in [0.2, 0.25) is 0 Å². The van der Waals surface area contributed by atoms with Crippen molar-refractivity contribution in [2.45, 2.75) is 31.8 Å². The lowest BCUT2D eigenvalue weighted by molar-refractivity contribution is -0.113. The van der Waals surface area contributed by atoms with Gasteiger partial charge in [0.25, 0.3) is 5.56 Å². The number of thioether (sulfide) groups is 1. The topological polar surface area (TPSA) is 114 Å². The van der Waals surface area contributed by atoms with Gasteiger partial charge in [0, 0.05) is 6.42 Å². The predicted octanol–water partition coefficient (Wildman–Crippen LogP) is 2.12. The zero-order chi connectivity index (χ0) is 18.9. The van der Waals surface area contributed by atoms with E-state index in [1.807, 2.05) is 13.8 Å². The second-order valence-corrected chi connectivity index (χ2v) is 8.63. The number of anilines is 1. The van der Waals surface area contributed by atoms with Crippen LogP contribution in [0.4, 0.5) is 5.13 Å². The van der Waals surface area contributed by atoms with Crippen LogP contribution in [0.1, 0.15) is 35.6 Å².